The van der Waals surface area contributed by atoms with Gasteiger partial charge < -0.3 is 5.32 Å². The van der Waals surface area contributed by atoms with E-state index in [0.717, 1.165) is 47.2 Å². The van der Waals surface area contributed by atoms with Gasteiger partial charge in [0.25, 0.3) is 17.9 Å². The number of aryl methyl sites for hydroxylation is 1. The van der Waals surface area contributed by atoms with Gasteiger partial charge in [-0.3, -0.25) is 28.2 Å². The number of aromatic nitrogens is 7. The van der Waals surface area contributed by atoms with E-state index in [0.29, 0.717) is 10.7 Å². The van der Waals surface area contributed by atoms with Crippen LogP contribution in [0, 0.1) is 17.6 Å². The number of anilines is 1. The summed E-state index contributed by atoms with van der Waals surface area (Å²) in [5, 5.41) is 10.2. The summed E-state index contributed by atoms with van der Waals surface area (Å²) in [5.41, 5.74) is -4.35. The van der Waals surface area contributed by atoms with Crippen LogP contribution in [0.25, 0.3) is 38.9 Å². The van der Waals surface area contributed by atoms with Gasteiger partial charge in [-0.05, 0) is 66.4 Å². The van der Waals surface area contributed by atoms with Crippen LogP contribution in [-0.2, 0) is 46.9 Å². The van der Waals surface area contributed by atoms with Crippen molar-refractivity contribution in [2.45, 2.75) is 49.9 Å². The topological polar surface area (TPSA) is 159 Å². The quantitative estimate of drug-likeness (QED) is 0.123. The fourth-order valence-corrected chi connectivity index (χ4v) is 9.19. The number of halogens is 10. The van der Waals surface area contributed by atoms with Crippen molar-refractivity contribution in [1.29, 1.82) is 0 Å². The average Bonchev–Trinajstić information content (AvgIpc) is 3.75. The number of carbonyl (C=O) groups excluding carboxylic acids is 1. The maximum atomic E-state index is 15.5. The number of hydrogen-bond acceptors (Lipinski definition) is 8. The molecule has 2 N–H and O–H groups in total. The van der Waals surface area contributed by atoms with Gasteiger partial charge in [0.1, 0.15) is 35.4 Å². The molecule has 9 rings (SSSR count). The summed E-state index contributed by atoms with van der Waals surface area (Å²) in [7, 11) is -2.59. The molecular weight excluding hydrogens is 921 g/mol. The standard InChI is InChI=1S/C41H29ClF9N9O4S/c1-58-33-28(10-8-25(42)31(33)37(56-58)57-65(2,63)64)60-38(54-36-22(39(60)62)7-9-26(53-36)18-3-5-19(6-4-18)41(49,50)51)27(13-17-11-20(43)14-21(44)12-17)52-29(61)16-59-34-30(32(55-59)35(45)46)23-15-24(23)40(34,47)48/h3-12,14,23-24,27,35H,13,15-16H2,1-2H3,(H,52,61)(H,56,57)/t23-,24+,27-/m0/s1. The lowest BCUT2D eigenvalue weighted by molar-refractivity contribution is -0.137. The average molecular weight is 950 g/mol. The van der Waals surface area contributed by atoms with E-state index in [9.17, 15) is 48.7 Å². The Bertz CT molecular complexity index is 3280. The van der Waals surface area contributed by atoms with Crippen LogP contribution in [-0.4, -0.2) is 54.7 Å². The van der Waals surface area contributed by atoms with Crippen LogP contribution in [0.1, 0.15) is 58.7 Å². The maximum absolute atomic E-state index is 15.5. The molecule has 0 bridgehead atoms. The summed E-state index contributed by atoms with van der Waals surface area (Å²) in [6.45, 7) is -1.07. The van der Waals surface area contributed by atoms with E-state index in [1.54, 1.807) is 0 Å². The van der Waals surface area contributed by atoms with Crippen molar-refractivity contribution in [1.82, 2.24) is 39.4 Å². The molecule has 3 atom stereocenters. The molecule has 4 heterocycles. The Morgan fingerprint density at radius 2 is 1.68 bits per heavy atom. The number of benzene rings is 3. The fraction of sp³-hybridized carbons (Fsp3) is 0.268. The molecule has 7 aromatic rings. The van der Waals surface area contributed by atoms with E-state index in [1.807, 2.05) is 0 Å². The van der Waals surface area contributed by atoms with Gasteiger partial charge in [0.2, 0.25) is 15.9 Å². The van der Waals surface area contributed by atoms with Gasteiger partial charge in [-0.25, -0.2) is 35.9 Å². The first-order valence-corrected chi connectivity index (χ1v) is 21.5. The number of rotatable bonds is 11. The SMILES string of the molecule is Cn1nc(NS(C)(=O)=O)c2c(Cl)ccc(-n3c([C@H](Cc4cc(F)cc(F)c4)NC(=O)Cn4nc(C(F)F)c5c4C(F)(F)[C@@H]4C[C@H]54)nc4nc(-c5ccc(C(F)(F)F)cc5)ccc4c3=O)c21. The molecule has 3 aromatic carbocycles. The number of nitrogens with zero attached hydrogens (tertiary/aromatic N) is 7. The highest BCUT2D eigenvalue weighted by Crippen LogP contribution is 2.68. The van der Waals surface area contributed by atoms with Crippen molar-refractivity contribution in [3.8, 4) is 16.9 Å². The van der Waals surface area contributed by atoms with Crippen molar-refractivity contribution >= 4 is 55.3 Å². The molecule has 13 nitrogen and oxygen atoms in total. The van der Waals surface area contributed by atoms with Gasteiger partial charge >= 0.3 is 6.18 Å². The number of hydrogen-bond donors (Lipinski definition) is 2. The smallest absolute Gasteiger partial charge is 0.344 e. The van der Waals surface area contributed by atoms with E-state index in [-0.39, 0.29) is 67.3 Å². The third-order valence-electron chi connectivity index (χ3n) is 11.2. The monoisotopic (exact) mass is 949 g/mol. The van der Waals surface area contributed by atoms with Gasteiger partial charge in [-0.2, -0.15) is 32.1 Å². The first-order chi connectivity index (χ1) is 30.5. The van der Waals surface area contributed by atoms with Crippen LogP contribution in [0.3, 0.4) is 0 Å². The molecule has 1 saturated carbocycles. The van der Waals surface area contributed by atoms with Gasteiger partial charge in [0.15, 0.2) is 11.5 Å². The second kappa shape index (κ2) is 15.3. The lowest BCUT2D eigenvalue weighted by Crippen LogP contribution is -2.38. The van der Waals surface area contributed by atoms with Crippen molar-refractivity contribution in [3.63, 3.8) is 0 Å². The molecule has 2 aliphatic carbocycles. The number of nitrogens with one attached hydrogen (secondary N) is 2. The number of fused-ring (bicyclic) bond motifs is 5. The first-order valence-electron chi connectivity index (χ1n) is 19.3. The highest BCUT2D eigenvalue weighted by atomic mass is 35.5. The van der Waals surface area contributed by atoms with Crippen LogP contribution in [0.5, 0.6) is 0 Å². The molecule has 24 heteroatoms. The van der Waals surface area contributed by atoms with E-state index in [4.69, 9.17) is 11.6 Å². The minimum absolute atomic E-state index is 0.0109. The first kappa shape index (κ1) is 43.7. The number of alkyl halides is 7. The Morgan fingerprint density at radius 1 is 0.985 bits per heavy atom. The van der Waals surface area contributed by atoms with E-state index in [1.165, 1.54) is 36.0 Å². The second-order valence-electron chi connectivity index (χ2n) is 15.7. The second-order valence-corrected chi connectivity index (χ2v) is 17.8. The largest absolute Gasteiger partial charge is 0.416 e. The Kier molecular flexibility index (Phi) is 10.3. The van der Waals surface area contributed by atoms with Gasteiger partial charge in [-0.1, -0.05) is 23.7 Å². The van der Waals surface area contributed by atoms with Crippen molar-refractivity contribution in [2.24, 2.45) is 13.0 Å². The van der Waals surface area contributed by atoms with E-state index in [2.05, 4.69) is 30.2 Å². The third kappa shape index (κ3) is 7.82. The van der Waals surface area contributed by atoms with Gasteiger partial charge in [0.05, 0.1) is 50.6 Å². The Hall–Kier alpha value is -6.49. The van der Waals surface area contributed by atoms with Crippen molar-refractivity contribution in [2.75, 3.05) is 11.0 Å². The molecular formula is C41H29ClF9N9O4S. The molecule has 2 aliphatic rings. The molecule has 0 unspecified atom stereocenters. The van der Waals surface area contributed by atoms with Crippen LogP contribution in [0.2, 0.25) is 5.02 Å². The Morgan fingerprint density at radius 3 is 2.32 bits per heavy atom. The summed E-state index contributed by atoms with van der Waals surface area (Å²) in [5.74, 6) is -9.70. The highest BCUT2D eigenvalue weighted by Gasteiger charge is 2.67. The molecule has 4 aromatic heterocycles. The number of carbonyl (C=O) groups is 1. The normalized spacial score (nSPS) is 17.1. The van der Waals surface area contributed by atoms with Crippen molar-refractivity contribution < 1.29 is 52.7 Å². The fourth-order valence-electron chi connectivity index (χ4n) is 8.45. The number of amides is 1. The zero-order valence-corrected chi connectivity index (χ0v) is 34.8. The lowest BCUT2D eigenvalue weighted by atomic mass is 10.0. The summed E-state index contributed by atoms with van der Waals surface area (Å²) in [6.07, 6.45) is -7.70. The van der Waals surface area contributed by atoms with E-state index < -0.39 is 105 Å². The maximum Gasteiger partial charge on any atom is 0.416 e. The van der Waals surface area contributed by atoms with Crippen LogP contribution < -0.4 is 15.6 Å². The summed E-state index contributed by atoms with van der Waals surface area (Å²) >= 11 is 6.59. The number of pyridine rings is 1. The predicted octanol–water partition coefficient (Wildman–Crippen LogP) is 8.10. The molecule has 1 fully saturated rings. The number of sulfonamides is 1. The van der Waals surface area contributed by atoms with Gasteiger partial charge in [0, 0.05) is 36.6 Å². The van der Waals surface area contributed by atoms with Crippen LogP contribution >= 0.6 is 11.6 Å². The summed E-state index contributed by atoms with van der Waals surface area (Å²) < 4.78 is 159. The predicted molar refractivity (Wildman–Crippen MR) is 216 cm³/mol. The Labute approximate surface area is 364 Å². The third-order valence-corrected chi connectivity index (χ3v) is 12.1. The molecule has 0 saturated heterocycles. The molecule has 0 spiro atoms. The zero-order chi connectivity index (χ0) is 46.7. The minimum Gasteiger partial charge on any atom is -0.344 e. The zero-order valence-electron chi connectivity index (χ0n) is 33.2. The minimum atomic E-state index is -4.66. The van der Waals surface area contributed by atoms with Crippen LogP contribution in [0.4, 0.5) is 45.3 Å². The molecule has 0 aliphatic heterocycles. The van der Waals surface area contributed by atoms with Crippen molar-refractivity contribution in [3.05, 3.63) is 128 Å². The van der Waals surface area contributed by atoms with Crippen LogP contribution in [0.15, 0.2) is 71.5 Å². The Balaban J connectivity index is 1.25. The molecule has 65 heavy (non-hydrogen) atoms. The van der Waals surface area contributed by atoms with E-state index >= 15 is 8.78 Å². The lowest BCUT2D eigenvalue weighted by Gasteiger charge is -2.24. The molecule has 0 radical (unpaired) electrons. The molecule has 338 valence electrons. The molecule has 1 amide bonds. The summed E-state index contributed by atoms with van der Waals surface area (Å²) in [4.78, 5) is 38.2. The van der Waals surface area contributed by atoms with Gasteiger partial charge in [-0.15, -0.1) is 0 Å². The summed E-state index contributed by atoms with van der Waals surface area (Å²) in [6, 6.07) is 9.81. The highest BCUT2D eigenvalue weighted by molar-refractivity contribution is 7.92.